The van der Waals surface area contributed by atoms with Crippen LogP contribution in [0.4, 0.5) is 17.6 Å². The second-order valence-corrected chi connectivity index (χ2v) is 6.38. The van der Waals surface area contributed by atoms with Crippen molar-refractivity contribution in [2.24, 2.45) is 0 Å². The van der Waals surface area contributed by atoms with Gasteiger partial charge in [0.15, 0.2) is 5.69 Å². The minimum Gasteiger partial charge on any atom is -0.394 e. The first-order chi connectivity index (χ1) is 12.1. The fourth-order valence-electron chi connectivity index (χ4n) is 2.94. The van der Waals surface area contributed by atoms with E-state index in [2.05, 4.69) is 9.97 Å². The lowest BCUT2D eigenvalue weighted by atomic mass is 10.0. The summed E-state index contributed by atoms with van der Waals surface area (Å²) in [5.41, 5.74) is -2.38. The van der Waals surface area contributed by atoms with Crippen LogP contribution >= 0.6 is 12.2 Å². The van der Waals surface area contributed by atoms with E-state index < -0.39 is 59.9 Å². The fraction of sp³-hybridized carbons (Fsp3) is 0.467. The van der Waals surface area contributed by atoms with E-state index in [0.717, 1.165) is 13.0 Å². The van der Waals surface area contributed by atoms with Gasteiger partial charge >= 0.3 is 6.18 Å². The topological polar surface area (TPSA) is 98.6 Å². The molecule has 1 aliphatic rings. The number of hydrogen-bond acceptors (Lipinski definition) is 6. The maximum absolute atomic E-state index is 14.5. The summed E-state index contributed by atoms with van der Waals surface area (Å²) in [7, 11) is 0. The van der Waals surface area contributed by atoms with Gasteiger partial charge in [-0.25, -0.2) is 9.37 Å². The lowest BCUT2D eigenvalue weighted by Crippen LogP contribution is -2.32. The molecule has 1 saturated heterocycles. The van der Waals surface area contributed by atoms with Crippen molar-refractivity contribution < 1.29 is 37.6 Å². The maximum atomic E-state index is 14.5. The molecule has 0 spiro atoms. The number of pyridine rings is 2. The summed E-state index contributed by atoms with van der Waals surface area (Å²) in [6.07, 6.45) is -9.94. The quantitative estimate of drug-likeness (QED) is 0.459. The molecule has 1 unspecified atom stereocenters. The van der Waals surface area contributed by atoms with Gasteiger partial charge in [0, 0.05) is 11.1 Å². The standard InChI is InChI=1S/C15H14F4N2O4S/c1-4-8(16)5-2-6(11-10(24)9(23)7(3-22)25-11)14(26)21-13(5)20-12(4)15(17,18)19/h2,7,9-11,22-24H,3H2,1H3,(H,20,21,26)/t7-,9?,10+,11+/m1/s1. The predicted octanol–water partition coefficient (Wildman–Crippen LogP) is 1.91. The monoisotopic (exact) mass is 394 g/mol. The van der Waals surface area contributed by atoms with Gasteiger partial charge in [-0.1, -0.05) is 12.2 Å². The molecular formula is C15H14F4N2O4S. The average Bonchev–Trinajstić information content (AvgIpc) is 2.84. The van der Waals surface area contributed by atoms with E-state index in [1.165, 1.54) is 0 Å². The Labute approximate surface area is 149 Å². The van der Waals surface area contributed by atoms with Crippen LogP contribution in [0.3, 0.4) is 0 Å². The number of aliphatic hydroxyl groups is 3. The largest absolute Gasteiger partial charge is 0.433 e. The lowest BCUT2D eigenvalue weighted by molar-refractivity contribution is -0.141. The molecule has 0 amide bonds. The molecule has 4 atom stereocenters. The van der Waals surface area contributed by atoms with Gasteiger partial charge in [-0.05, 0) is 13.0 Å². The Balaban J connectivity index is 2.18. The Morgan fingerprint density at radius 1 is 1.31 bits per heavy atom. The normalized spacial score (nSPS) is 26.6. The number of aliphatic hydroxyl groups excluding tert-OH is 3. The van der Waals surface area contributed by atoms with E-state index in [1.54, 1.807) is 0 Å². The van der Waals surface area contributed by atoms with Crippen LogP contribution < -0.4 is 0 Å². The van der Waals surface area contributed by atoms with Crippen LogP contribution in [0.5, 0.6) is 0 Å². The number of aromatic amines is 1. The summed E-state index contributed by atoms with van der Waals surface area (Å²) < 4.78 is 58.7. The minimum atomic E-state index is -4.84. The van der Waals surface area contributed by atoms with Gasteiger partial charge in [0.2, 0.25) is 0 Å². The maximum Gasteiger partial charge on any atom is 0.433 e. The molecule has 0 bridgehead atoms. The number of nitrogens with one attached hydrogen (secondary N) is 1. The van der Waals surface area contributed by atoms with E-state index in [9.17, 15) is 27.8 Å². The molecule has 0 radical (unpaired) electrons. The van der Waals surface area contributed by atoms with Crippen molar-refractivity contribution in [3.63, 3.8) is 0 Å². The van der Waals surface area contributed by atoms with Crippen molar-refractivity contribution in [3.05, 3.63) is 33.3 Å². The molecule has 0 aliphatic carbocycles. The van der Waals surface area contributed by atoms with Crippen molar-refractivity contribution in [1.29, 1.82) is 0 Å². The van der Waals surface area contributed by atoms with Crippen molar-refractivity contribution in [2.45, 2.75) is 37.5 Å². The van der Waals surface area contributed by atoms with Crippen molar-refractivity contribution in [1.82, 2.24) is 9.97 Å². The van der Waals surface area contributed by atoms with Gasteiger partial charge in [-0.2, -0.15) is 13.2 Å². The molecule has 3 heterocycles. The molecule has 4 N–H and O–H groups in total. The average molecular weight is 394 g/mol. The van der Waals surface area contributed by atoms with Gasteiger partial charge in [-0.15, -0.1) is 0 Å². The molecule has 142 valence electrons. The molecule has 1 aliphatic heterocycles. The number of rotatable bonds is 2. The Morgan fingerprint density at radius 2 is 1.96 bits per heavy atom. The number of alkyl halides is 3. The number of nitrogens with zero attached hydrogens (tertiary/aromatic N) is 1. The molecule has 26 heavy (non-hydrogen) atoms. The Morgan fingerprint density at radius 3 is 2.50 bits per heavy atom. The summed E-state index contributed by atoms with van der Waals surface area (Å²) in [6.45, 7) is 0.390. The van der Waals surface area contributed by atoms with Crippen molar-refractivity contribution in [3.8, 4) is 0 Å². The van der Waals surface area contributed by atoms with Crippen LogP contribution in [0.25, 0.3) is 11.0 Å². The third-order valence-electron chi connectivity index (χ3n) is 4.31. The first-order valence-electron chi connectivity index (χ1n) is 7.49. The van der Waals surface area contributed by atoms with Gasteiger partial charge in [-0.3, -0.25) is 0 Å². The molecule has 2 aromatic rings. The molecular weight excluding hydrogens is 380 g/mol. The van der Waals surface area contributed by atoms with Gasteiger partial charge in [0.05, 0.1) is 12.0 Å². The minimum absolute atomic E-state index is 0.0647. The number of H-pyrrole nitrogens is 1. The number of aromatic nitrogens is 2. The second-order valence-electron chi connectivity index (χ2n) is 5.97. The van der Waals surface area contributed by atoms with Crippen LogP contribution in [0.1, 0.15) is 22.9 Å². The zero-order valence-corrected chi connectivity index (χ0v) is 14.0. The Bertz CT molecular complexity index is 917. The van der Waals surface area contributed by atoms with Gasteiger partial charge in [0.25, 0.3) is 0 Å². The fourth-order valence-corrected chi connectivity index (χ4v) is 3.21. The molecule has 0 saturated carbocycles. The van der Waals surface area contributed by atoms with Crippen LogP contribution in [0, 0.1) is 17.4 Å². The SMILES string of the molecule is Cc1c(C(F)(F)F)nc2[nH]c(=S)c([C@@H]3O[C@H](CO)C(O)[C@@H]3O)cc2c1F. The molecule has 3 rings (SSSR count). The second kappa shape index (κ2) is 6.50. The first kappa shape index (κ1) is 19.1. The molecule has 6 nitrogen and oxygen atoms in total. The van der Waals surface area contributed by atoms with E-state index in [4.69, 9.17) is 22.1 Å². The number of hydrogen-bond donors (Lipinski definition) is 4. The summed E-state index contributed by atoms with van der Waals surface area (Å²) in [5.74, 6) is -1.14. The highest BCUT2D eigenvalue weighted by molar-refractivity contribution is 7.71. The predicted molar refractivity (Wildman–Crippen MR) is 83.3 cm³/mol. The third kappa shape index (κ3) is 2.99. The third-order valence-corrected chi connectivity index (χ3v) is 4.65. The summed E-state index contributed by atoms with van der Waals surface area (Å²) in [6, 6.07) is 1.13. The van der Waals surface area contributed by atoms with E-state index in [1.807, 2.05) is 0 Å². The van der Waals surface area contributed by atoms with E-state index >= 15 is 0 Å². The van der Waals surface area contributed by atoms with Crippen molar-refractivity contribution >= 4 is 23.3 Å². The Kier molecular flexibility index (Phi) is 4.78. The van der Waals surface area contributed by atoms with Gasteiger partial charge < -0.3 is 25.0 Å². The highest BCUT2D eigenvalue weighted by Crippen LogP contribution is 2.37. The zero-order valence-electron chi connectivity index (χ0n) is 13.2. The molecule has 0 aromatic carbocycles. The highest BCUT2D eigenvalue weighted by Gasteiger charge is 2.44. The summed E-state index contributed by atoms with van der Waals surface area (Å²) in [4.78, 5) is 5.83. The number of halogens is 4. The van der Waals surface area contributed by atoms with Crippen LogP contribution in [0.15, 0.2) is 6.07 Å². The smallest absolute Gasteiger partial charge is 0.394 e. The van der Waals surface area contributed by atoms with Crippen LogP contribution in [-0.2, 0) is 10.9 Å². The van der Waals surface area contributed by atoms with E-state index in [-0.39, 0.29) is 15.6 Å². The van der Waals surface area contributed by atoms with E-state index in [0.29, 0.717) is 0 Å². The van der Waals surface area contributed by atoms with Crippen LogP contribution in [0.2, 0.25) is 0 Å². The van der Waals surface area contributed by atoms with Crippen LogP contribution in [-0.4, -0.2) is 50.2 Å². The lowest BCUT2D eigenvalue weighted by Gasteiger charge is -2.17. The molecule has 11 heteroatoms. The highest BCUT2D eigenvalue weighted by atomic mass is 32.1. The summed E-state index contributed by atoms with van der Waals surface area (Å²) >= 11 is 5.06. The first-order valence-corrected chi connectivity index (χ1v) is 7.89. The number of fused-ring (bicyclic) bond motifs is 1. The van der Waals surface area contributed by atoms with Crippen molar-refractivity contribution in [2.75, 3.05) is 6.61 Å². The number of ether oxygens (including phenoxy) is 1. The molecule has 1 fully saturated rings. The zero-order chi connectivity index (χ0) is 19.4. The van der Waals surface area contributed by atoms with Gasteiger partial charge in [0.1, 0.15) is 40.5 Å². The summed E-state index contributed by atoms with van der Waals surface area (Å²) in [5, 5.41) is 28.8. The molecule has 2 aromatic heterocycles. The Hall–Kier alpha value is -1.66.